The molecule has 0 saturated carbocycles. The molecule has 0 aliphatic heterocycles. The third kappa shape index (κ3) is 4.90. The summed E-state index contributed by atoms with van der Waals surface area (Å²) in [4.78, 5) is 12.9. The van der Waals surface area contributed by atoms with Gasteiger partial charge in [0, 0.05) is 11.4 Å². The van der Waals surface area contributed by atoms with E-state index in [-0.39, 0.29) is 12.3 Å². The summed E-state index contributed by atoms with van der Waals surface area (Å²) in [5.74, 6) is -0.272. The lowest BCUT2D eigenvalue weighted by Gasteiger charge is -2.09. The summed E-state index contributed by atoms with van der Waals surface area (Å²) in [6.45, 7) is 0.484. The van der Waals surface area contributed by atoms with Crippen LogP contribution in [0.15, 0.2) is 41.8 Å². The van der Waals surface area contributed by atoms with Crippen LogP contribution in [-0.4, -0.2) is 12.5 Å². The van der Waals surface area contributed by atoms with E-state index in [4.69, 9.17) is 0 Å². The highest BCUT2D eigenvalue weighted by Gasteiger charge is 2.30. The van der Waals surface area contributed by atoms with Crippen LogP contribution in [0, 0.1) is 0 Å². The van der Waals surface area contributed by atoms with Crippen molar-refractivity contribution in [3.8, 4) is 0 Å². The SMILES string of the molecule is O=C(Cc1cccc(C(F)(F)F)c1)NCCc1cccs1. The largest absolute Gasteiger partial charge is 0.416 e. The summed E-state index contributed by atoms with van der Waals surface area (Å²) in [7, 11) is 0. The van der Waals surface area contributed by atoms with Gasteiger partial charge in [-0.2, -0.15) is 13.2 Å². The lowest BCUT2D eigenvalue weighted by atomic mass is 10.1. The first-order valence-electron chi connectivity index (χ1n) is 6.40. The van der Waals surface area contributed by atoms with Gasteiger partial charge in [0.05, 0.1) is 12.0 Å². The molecule has 0 unspecified atom stereocenters. The van der Waals surface area contributed by atoms with Crippen molar-refractivity contribution in [2.45, 2.75) is 19.0 Å². The number of thiophene rings is 1. The maximum atomic E-state index is 12.6. The second kappa shape index (κ2) is 6.76. The topological polar surface area (TPSA) is 29.1 Å². The Morgan fingerprint density at radius 1 is 1.19 bits per heavy atom. The van der Waals surface area contributed by atoms with Gasteiger partial charge in [0.2, 0.25) is 5.91 Å². The van der Waals surface area contributed by atoms with Crippen LogP contribution in [0.25, 0.3) is 0 Å². The molecule has 1 N–H and O–H groups in total. The normalized spacial score (nSPS) is 11.4. The molecule has 0 aliphatic carbocycles. The van der Waals surface area contributed by atoms with Crippen molar-refractivity contribution in [3.05, 3.63) is 57.8 Å². The van der Waals surface area contributed by atoms with Gasteiger partial charge >= 0.3 is 6.18 Å². The Labute approximate surface area is 124 Å². The number of rotatable bonds is 5. The zero-order valence-corrected chi connectivity index (χ0v) is 11.9. The van der Waals surface area contributed by atoms with Crippen LogP contribution in [0.3, 0.4) is 0 Å². The summed E-state index contributed by atoms with van der Waals surface area (Å²) in [6.07, 6.45) is -3.70. The average Bonchev–Trinajstić information content (AvgIpc) is 2.91. The van der Waals surface area contributed by atoms with E-state index in [9.17, 15) is 18.0 Å². The van der Waals surface area contributed by atoms with E-state index < -0.39 is 11.7 Å². The molecule has 2 aromatic rings. The number of alkyl halides is 3. The van der Waals surface area contributed by atoms with Gasteiger partial charge < -0.3 is 5.32 Å². The van der Waals surface area contributed by atoms with Crippen molar-refractivity contribution in [2.24, 2.45) is 0 Å². The van der Waals surface area contributed by atoms with Gasteiger partial charge in [-0.25, -0.2) is 0 Å². The zero-order chi connectivity index (χ0) is 15.3. The minimum absolute atomic E-state index is 0.0473. The molecule has 112 valence electrons. The fourth-order valence-electron chi connectivity index (χ4n) is 1.89. The van der Waals surface area contributed by atoms with E-state index in [1.54, 1.807) is 11.3 Å². The van der Waals surface area contributed by atoms with Crippen LogP contribution in [0.5, 0.6) is 0 Å². The lowest BCUT2D eigenvalue weighted by molar-refractivity contribution is -0.137. The standard InChI is InChI=1S/C15H14F3NOS/c16-15(17,18)12-4-1-3-11(9-12)10-14(20)19-7-6-13-5-2-8-21-13/h1-5,8-9H,6-7,10H2,(H,19,20). The minimum Gasteiger partial charge on any atom is -0.355 e. The van der Waals surface area contributed by atoms with Crippen molar-refractivity contribution in [2.75, 3.05) is 6.54 Å². The third-order valence-corrected chi connectivity index (χ3v) is 3.83. The Morgan fingerprint density at radius 3 is 2.67 bits per heavy atom. The predicted octanol–water partition coefficient (Wildman–Crippen LogP) is 3.67. The van der Waals surface area contributed by atoms with Gasteiger partial charge in [-0.3, -0.25) is 4.79 Å². The van der Waals surface area contributed by atoms with E-state index >= 15 is 0 Å². The Balaban J connectivity index is 1.85. The van der Waals surface area contributed by atoms with Crippen molar-refractivity contribution in [1.82, 2.24) is 5.32 Å². The van der Waals surface area contributed by atoms with Crippen molar-refractivity contribution in [1.29, 1.82) is 0 Å². The zero-order valence-electron chi connectivity index (χ0n) is 11.1. The van der Waals surface area contributed by atoms with Crippen molar-refractivity contribution >= 4 is 17.2 Å². The highest BCUT2D eigenvalue weighted by molar-refractivity contribution is 7.09. The molecule has 1 aromatic carbocycles. The Morgan fingerprint density at radius 2 is 2.00 bits per heavy atom. The van der Waals surface area contributed by atoms with Crippen molar-refractivity contribution in [3.63, 3.8) is 0 Å². The number of halogens is 3. The number of carbonyl (C=O) groups is 1. The molecule has 0 bridgehead atoms. The number of amides is 1. The first kappa shape index (κ1) is 15.6. The maximum absolute atomic E-state index is 12.6. The van der Waals surface area contributed by atoms with Gasteiger partial charge in [0.1, 0.15) is 0 Å². The highest BCUT2D eigenvalue weighted by atomic mass is 32.1. The molecule has 0 aliphatic rings. The molecule has 6 heteroatoms. The molecule has 0 spiro atoms. The van der Waals surface area contributed by atoms with E-state index in [0.717, 1.165) is 23.4 Å². The van der Waals surface area contributed by atoms with E-state index in [2.05, 4.69) is 5.32 Å². The molecule has 21 heavy (non-hydrogen) atoms. The lowest BCUT2D eigenvalue weighted by Crippen LogP contribution is -2.27. The summed E-state index contributed by atoms with van der Waals surface area (Å²) in [6, 6.07) is 8.76. The molecule has 2 rings (SSSR count). The first-order valence-corrected chi connectivity index (χ1v) is 7.28. The number of nitrogens with one attached hydrogen (secondary N) is 1. The fraction of sp³-hybridized carbons (Fsp3) is 0.267. The van der Waals surface area contributed by atoms with Gasteiger partial charge in [0.15, 0.2) is 0 Å². The van der Waals surface area contributed by atoms with Gasteiger partial charge in [-0.05, 0) is 29.5 Å². The molecule has 0 fully saturated rings. The van der Waals surface area contributed by atoms with E-state index in [1.165, 1.54) is 12.1 Å². The number of hydrogen-bond acceptors (Lipinski definition) is 2. The minimum atomic E-state index is -4.38. The second-order valence-corrected chi connectivity index (χ2v) is 5.59. The number of benzene rings is 1. The maximum Gasteiger partial charge on any atom is 0.416 e. The smallest absolute Gasteiger partial charge is 0.355 e. The molecule has 0 atom stereocenters. The number of carbonyl (C=O) groups excluding carboxylic acids is 1. The Bertz CT molecular complexity index is 593. The van der Waals surface area contributed by atoms with Crippen molar-refractivity contribution < 1.29 is 18.0 Å². The molecule has 1 heterocycles. The van der Waals surface area contributed by atoms with Crippen LogP contribution in [-0.2, 0) is 23.8 Å². The predicted molar refractivity (Wildman–Crippen MR) is 76.2 cm³/mol. The number of hydrogen-bond donors (Lipinski definition) is 1. The average molecular weight is 313 g/mol. The van der Waals surface area contributed by atoms with E-state index in [0.29, 0.717) is 12.1 Å². The van der Waals surface area contributed by atoms with Gasteiger partial charge in [-0.15, -0.1) is 11.3 Å². The summed E-state index contributed by atoms with van der Waals surface area (Å²) < 4.78 is 37.7. The molecular weight excluding hydrogens is 299 g/mol. The van der Waals surface area contributed by atoms with Gasteiger partial charge in [-0.1, -0.05) is 24.3 Å². The molecule has 0 saturated heterocycles. The second-order valence-electron chi connectivity index (χ2n) is 4.55. The van der Waals surface area contributed by atoms with Crippen LogP contribution < -0.4 is 5.32 Å². The molecule has 2 nitrogen and oxygen atoms in total. The first-order chi connectivity index (χ1) is 9.95. The Hall–Kier alpha value is -1.82. The molecule has 1 aromatic heterocycles. The van der Waals surface area contributed by atoms with Crippen LogP contribution in [0.4, 0.5) is 13.2 Å². The highest BCUT2D eigenvalue weighted by Crippen LogP contribution is 2.29. The van der Waals surface area contributed by atoms with Crippen LogP contribution >= 0.6 is 11.3 Å². The molecular formula is C15H14F3NOS. The fourth-order valence-corrected chi connectivity index (χ4v) is 2.59. The molecule has 0 radical (unpaired) electrons. The summed E-state index contributed by atoms with van der Waals surface area (Å²) in [5, 5.41) is 4.67. The third-order valence-electron chi connectivity index (χ3n) is 2.89. The monoisotopic (exact) mass is 313 g/mol. The van der Waals surface area contributed by atoms with Crippen LogP contribution in [0.1, 0.15) is 16.0 Å². The quantitative estimate of drug-likeness (QED) is 0.896. The van der Waals surface area contributed by atoms with Gasteiger partial charge in [0.25, 0.3) is 0 Å². The Kier molecular flexibility index (Phi) is 5.01. The summed E-state index contributed by atoms with van der Waals surface area (Å²) >= 11 is 1.61. The van der Waals surface area contributed by atoms with E-state index in [1.807, 2.05) is 17.5 Å². The molecule has 1 amide bonds. The summed E-state index contributed by atoms with van der Waals surface area (Å²) in [5.41, 5.74) is -0.371. The van der Waals surface area contributed by atoms with Crippen LogP contribution in [0.2, 0.25) is 0 Å².